The highest BCUT2D eigenvalue weighted by atomic mass is 127. The van der Waals surface area contributed by atoms with Crippen molar-refractivity contribution in [2.75, 3.05) is 13.1 Å². The number of aromatic nitrogens is 1. The van der Waals surface area contributed by atoms with Crippen molar-refractivity contribution in [1.82, 2.24) is 9.88 Å². The minimum atomic E-state index is -0.484. The summed E-state index contributed by atoms with van der Waals surface area (Å²) in [6.07, 6.45) is 5.45. The van der Waals surface area contributed by atoms with Crippen LogP contribution in [0.2, 0.25) is 0 Å². The van der Waals surface area contributed by atoms with Crippen molar-refractivity contribution in [2.45, 2.75) is 52.1 Å². The van der Waals surface area contributed by atoms with Crippen molar-refractivity contribution in [3.05, 3.63) is 62.7 Å². The van der Waals surface area contributed by atoms with Crippen LogP contribution >= 0.6 is 22.6 Å². The quantitative estimate of drug-likeness (QED) is 0.397. The lowest BCUT2D eigenvalue weighted by Crippen LogP contribution is -2.39. The predicted octanol–water partition coefficient (Wildman–Crippen LogP) is 5.00. The number of ether oxygens (including phenoxy) is 1. The minimum Gasteiger partial charge on any atom is -0.460 e. The summed E-state index contributed by atoms with van der Waals surface area (Å²) in [4.78, 5) is 31.2. The molecule has 3 rings (SSSR count). The number of benzene rings is 1. The molecule has 1 aliphatic rings. The first-order valence-corrected chi connectivity index (χ1v) is 11.6. The maximum absolute atomic E-state index is 14.3. The van der Waals surface area contributed by atoms with E-state index in [2.05, 4.69) is 27.6 Å². The summed E-state index contributed by atoms with van der Waals surface area (Å²) >= 11 is 2.07. The van der Waals surface area contributed by atoms with E-state index in [-0.39, 0.29) is 23.6 Å². The van der Waals surface area contributed by atoms with Gasteiger partial charge in [-0.2, -0.15) is 0 Å². The van der Waals surface area contributed by atoms with Gasteiger partial charge < -0.3 is 9.64 Å². The normalized spacial score (nSPS) is 15.1. The highest BCUT2D eigenvalue weighted by molar-refractivity contribution is 14.1. The molecule has 166 valence electrons. The van der Waals surface area contributed by atoms with Crippen molar-refractivity contribution in [3.63, 3.8) is 0 Å². The Morgan fingerprint density at radius 2 is 1.90 bits per heavy atom. The molecule has 0 spiro atoms. The van der Waals surface area contributed by atoms with Gasteiger partial charge in [-0.05, 0) is 91.4 Å². The van der Waals surface area contributed by atoms with E-state index in [0.29, 0.717) is 42.6 Å². The van der Waals surface area contributed by atoms with Crippen LogP contribution in [-0.2, 0) is 16.0 Å². The summed E-state index contributed by atoms with van der Waals surface area (Å²) in [5.74, 6) is -0.318. The lowest BCUT2D eigenvalue weighted by Gasteiger charge is -2.32. The molecule has 5 nitrogen and oxygen atoms in total. The molecule has 1 aromatic carbocycles. The van der Waals surface area contributed by atoms with Gasteiger partial charge in [0.2, 0.25) is 0 Å². The van der Waals surface area contributed by atoms with E-state index in [4.69, 9.17) is 4.74 Å². The Labute approximate surface area is 196 Å². The minimum absolute atomic E-state index is 0.0703. The van der Waals surface area contributed by atoms with Crippen LogP contribution < -0.4 is 0 Å². The molecule has 0 atom stereocenters. The first-order valence-electron chi connectivity index (χ1n) is 10.5. The second-order valence-electron chi connectivity index (χ2n) is 8.97. The van der Waals surface area contributed by atoms with Gasteiger partial charge in [0.25, 0.3) is 5.91 Å². The number of pyridine rings is 1. The number of hydrogen-bond acceptors (Lipinski definition) is 4. The molecule has 0 N–H and O–H groups in total. The molecule has 1 saturated heterocycles. The molecule has 7 heteroatoms. The molecule has 31 heavy (non-hydrogen) atoms. The Morgan fingerprint density at radius 1 is 1.19 bits per heavy atom. The zero-order valence-electron chi connectivity index (χ0n) is 18.2. The maximum Gasteiger partial charge on any atom is 0.306 e. The third kappa shape index (κ3) is 6.72. The van der Waals surface area contributed by atoms with Gasteiger partial charge in [-0.15, -0.1) is 0 Å². The van der Waals surface area contributed by atoms with Gasteiger partial charge in [-0.3, -0.25) is 14.6 Å². The third-order valence-electron chi connectivity index (χ3n) is 5.31. The molecule has 2 aromatic rings. The van der Waals surface area contributed by atoms with Crippen molar-refractivity contribution < 1.29 is 18.7 Å². The van der Waals surface area contributed by atoms with Crippen LogP contribution in [0.4, 0.5) is 4.39 Å². The number of piperidine rings is 1. The summed E-state index contributed by atoms with van der Waals surface area (Å²) in [5.41, 5.74) is 1.32. The molecule has 1 amide bonds. The average molecular weight is 538 g/mol. The summed E-state index contributed by atoms with van der Waals surface area (Å²) in [6, 6.07) is 6.80. The summed E-state index contributed by atoms with van der Waals surface area (Å²) < 4.78 is 20.6. The van der Waals surface area contributed by atoms with Crippen LogP contribution in [0.5, 0.6) is 0 Å². The van der Waals surface area contributed by atoms with Crippen LogP contribution in [0.1, 0.15) is 61.5 Å². The van der Waals surface area contributed by atoms with Crippen LogP contribution in [0.3, 0.4) is 0 Å². The first-order chi connectivity index (χ1) is 14.6. The Kier molecular flexibility index (Phi) is 7.67. The van der Waals surface area contributed by atoms with Crippen LogP contribution in [0, 0.1) is 15.3 Å². The average Bonchev–Trinajstić information content (AvgIpc) is 2.69. The number of halogens is 2. The zero-order valence-corrected chi connectivity index (χ0v) is 20.3. The topological polar surface area (TPSA) is 59.5 Å². The van der Waals surface area contributed by atoms with Gasteiger partial charge >= 0.3 is 5.97 Å². The van der Waals surface area contributed by atoms with Crippen molar-refractivity contribution in [2.24, 2.45) is 5.92 Å². The van der Waals surface area contributed by atoms with Gasteiger partial charge in [-0.1, -0.05) is 6.07 Å². The van der Waals surface area contributed by atoms with Gasteiger partial charge in [0.05, 0.1) is 0 Å². The zero-order chi connectivity index (χ0) is 22.6. The Hall–Kier alpha value is -2.03. The van der Waals surface area contributed by atoms with E-state index in [1.807, 2.05) is 31.7 Å². The fraction of sp³-hybridized carbons (Fsp3) is 0.458. The largest absolute Gasteiger partial charge is 0.460 e. The number of hydrogen-bond donors (Lipinski definition) is 0. The van der Waals surface area contributed by atoms with Crippen molar-refractivity contribution >= 4 is 34.5 Å². The van der Waals surface area contributed by atoms with Crippen LogP contribution in [-0.4, -0.2) is 40.5 Å². The van der Waals surface area contributed by atoms with Gasteiger partial charge in [0, 0.05) is 47.5 Å². The van der Waals surface area contributed by atoms with E-state index in [1.54, 1.807) is 24.5 Å². The third-order valence-corrected chi connectivity index (χ3v) is 5.98. The molecular weight excluding hydrogens is 510 g/mol. The fourth-order valence-electron chi connectivity index (χ4n) is 3.78. The molecule has 0 saturated carbocycles. The van der Waals surface area contributed by atoms with E-state index >= 15 is 0 Å². The van der Waals surface area contributed by atoms with Gasteiger partial charge in [-0.25, -0.2) is 4.39 Å². The molecular formula is C24H28FIN2O3. The maximum atomic E-state index is 14.3. The summed E-state index contributed by atoms with van der Waals surface area (Å²) in [5, 5.41) is 0. The fourth-order valence-corrected chi connectivity index (χ4v) is 4.23. The molecule has 0 radical (unpaired) electrons. The Bertz CT molecular complexity index is 950. The molecule has 1 aliphatic heterocycles. The molecule has 0 unspecified atom stereocenters. The first kappa shape index (κ1) is 23.6. The SMILES string of the molecule is CC(C)(C)OC(=O)CC1CCN(C(=O)c2ccncc2Cc2ccc(I)cc2F)CC1. The number of esters is 1. The number of amides is 1. The highest BCUT2D eigenvalue weighted by Crippen LogP contribution is 2.25. The summed E-state index contributed by atoms with van der Waals surface area (Å²) in [6.45, 7) is 6.76. The monoisotopic (exact) mass is 538 g/mol. The Balaban J connectivity index is 1.63. The lowest BCUT2D eigenvalue weighted by atomic mass is 9.92. The number of rotatable bonds is 5. The van der Waals surface area contributed by atoms with Crippen molar-refractivity contribution in [1.29, 1.82) is 0 Å². The van der Waals surface area contributed by atoms with E-state index in [1.165, 1.54) is 6.07 Å². The molecule has 1 aromatic heterocycles. The second kappa shape index (κ2) is 10.1. The molecule has 2 heterocycles. The van der Waals surface area contributed by atoms with E-state index < -0.39 is 5.60 Å². The molecule has 1 fully saturated rings. The van der Waals surface area contributed by atoms with Crippen LogP contribution in [0.15, 0.2) is 36.7 Å². The number of carbonyl (C=O) groups is 2. The highest BCUT2D eigenvalue weighted by Gasteiger charge is 2.28. The van der Waals surface area contributed by atoms with Gasteiger partial charge in [0.15, 0.2) is 0 Å². The van der Waals surface area contributed by atoms with E-state index in [0.717, 1.165) is 16.4 Å². The van der Waals surface area contributed by atoms with E-state index in [9.17, 15) is 14.0 Å². The van der Waals surface area contributed by atoms with Gasteiger partial charge in [0.1, 0.15) is 11.4 Å². The standard InChI is InChI=1S/C24H28FIN2O3/c1-24(2,3)31-22(29)12-16-7-10-28(11-8-16)23(30)20-6-9-27-15-18(20)13-17-4-5-19(26)14-21(17)25/h4-6,9,14-16H,7-8,10-13H2,1-3H3. The lowest BCUT2D eigenvalue weighted by molar-refractivity contribution is -0.156. The summed E-state index contributed by atoms with van der Waals surface area (Å²) in [7, 11) is 0. The Morgan fingerprint density at radius 3 is 2.55 bits per heavy atom. The number of nitrogens with zero attached hydrogens (tertiary/aromatic N) is 2. The van der Waals surface area contributed by atoms with Crippen molar-refractivity contribution in [3.8, 4) is 0 Å². The molecule has 0 aliphatic carbocycles. The smallest absolute Gasteiger partial charge is 0.306 e. The predicted molar refractivity (Wildman–Crippen MR) is 125 cm³/mol. The molecule has 0 bridgehead atoms. The second-order valence-corrected chi connectivity index (χ2v) is 10.2. The van der Waals surface area contributed by atoms with Crippen LogP contribution in [0.25, 0.3) is 0 Å². The number of likely N-dealkylation sites (tertiary alicyclic amines) is 1. The number of carbonyl (C=O) groups excluding carboxylic acids is 2.